The number of carbonyl (C=O) groups excluding carboxylic acids is 1. The molecular weight excluding hydrogens is 407 g/mol. The highest BCUT2D eigenvalue weighted by molar-refractivity contribution is 7.89. The molecule has 1 saturated heterocycles. The maximum Gasteiger partial charge on any atom is 0.405 e. The molecule has 27 heavy (non-hydrogen) atoms. The van der Waals surface area contributed by atoms with Crippen LogP contribution in [0.4, 0.5) is 13.2 Å². The number of benzene rings is 1. The molecule has 1 fully saturated rings. The SMILES string of the molecule is CC(N)C1CCCCN1S(=O)(=O)c1cccc(C(=O)NCC(F)(F)F)c1.Cl. The summed E-state index contributed by atoms with van der Waals surface area (Å²) in [6.07, 6.45) is -2.33. The van der Waals surface area contributed by atoms with E-state index >= 15 is 0 Å². The summed E-state index contributed by atoms with van der Waals surface area (Å²) in [4.78, 5) is 11.7. The van der Waals surface area contributed by atoms with E-state index in [1.807, 2.05) is 0 Å². The van der Waals surface area contributed by atoms with Crippen LogP contribution < -0.4 is 11.1 Å². The minimum absolute atomic E-state index is 0. The zero-order valence-corrected chi connectivity index (χ0v) is 16.3. The van der Waals surface area contributed by atoms with Crippen LogP contribution in [0.25, 0.3) is 0 Å². The Labute approximate surface area is 162 Å². The quantitative estimate of drug-likeness (QED) is 0.751. The van der Waals surface area contributed by atoms with Crippen LogP contribution in [0.1, 0.15) is 36.5 Å². The van der Waals surface area contributed by atoms with E-state index < -0.39 is 28.7 Å². The number of hydrogen-bond acceptors (Lipinski definition) is 4. The second-order valence-corrected chi connectivity index (χ2v) is 8.25. The molecule has 154 valence electrons. The first-order chi connectivity index (χ1) is 12.0. The molecule has 1 aliphatic heterocycles. The third-order valence-corrected chi connectivity index (χ3v) is 6.18. The maximum atomic E-state index is 13.0. The third-order valence-electron chi connectivity index (χ3n) is 4.26. The van der Waals surface area contributed by atoms with Crippen molar-refractivity contribution in [2.45, 2.75) is 49.3 Å². The lowest BCUT2D eigenvalue weighted by Crippen LogP contribution is -2.51. The molecule has 3 N–H and O–H groups in total. The molecule has 1 aromatic rings. The summed E-state index contributed by atoms with van der Waals surface area (Å²) >= 11 is 0. The zero-order valence-electron chi connectivity index (χ0n) is 14.7. The van der Waals surface area contributed by atoms with Gasteiger partial charge in [-0.1, -0.05) is 12.5 Å². The lowest BCUT2D eigenvalue weighted by Gasteiger charge is -2.36. The molecule has 1 aromatic carbocycles. The Kier molecular flexibility index (Phi) is 8.09. The van der Waals surface area contributed by atoms with Crippen LogP contribution in [-0.2, 0) is 10.0 Å². The van der Waals surface area contributed by atoms with Crippen molar-refractivity contribution in [2.24, 2.45) is 5.73 Å². The number of sulfonamides is 1. The van der Waals surface area contributed by atoms with Gasteiger partial charge < -0.3 is 11.1 Å². The Morgan fingerprint density at radius 3 is 2.63 bits per heavy atom. The van der Waals surface area contributed by atoms with Crippen LogP contribution in [0.3, 0.4) is 0 Å². The van der Waals surface area contributed by atoms with Gasteiger partial charge in [-0.25, -0.2) is 8.42 Å². The summed E-state index contributed by atoms with van der Waals surface area (Å²) < 4.78 is 63.9. The van der Waals surface area contributed by atoms with Crippen molar-refractivity contribution in [3.8, 4) is 0 Å². The molecule has 2 unspecified atom stereocenters. The Bertz CT molecular complexity index is 757. The van der Waals surface area contributed by atoms with Gasteiger partial charge in [-0.05, 0) is 38.0 Å². The maximum absolute atomic E-state index is 13.0. The highest BCUT2D eigenvalue weighted by atomic mass is 35.5. The molecule has 1 aliphatic rings. The van der Waals surface area contributed by atoms with Crippen molar-refractivity contribution in [3.63, 3.8) is 0 Å². The first-order valence-electron chi connectivity index (χ1n) is 8.25. The fourth-order valence-electron chi connectivity index (χ4n) is 2.97. The summed E-state index contributed by atoms with van der Waals surface area (Å²) in [6, 6.07) is 4.31. The molecule has 1 amide bonds. The first kappa shape index (κ1) is 23.7. The van der Waals surface area contributed by atoms with Gasteiger partial charge in [0.2, 0.25) is 10.0 Å². The topological polar surface area (TPSA) is 92.5 Å². The molecule has 0 radical (unpaired) electrons. The molecule has 0 bridgehead atoms. The number of amides is 1. The number of hydrogen-bond donors (Lipinski definition) is 2. The van der Waals surface area contributed by atoms with Crippen molar-refractivity contribution in [3.05, 3.63) is 29.8 Å². The van der Waals surface area contributed by atoms with Crippen molar-refractivity contribution in [2.75, 3.05) is 13.1 Å². The number of nitrogens with zero attached hydrogens (tertiary/aromatic N) is 1. The Hall–Kier alpha value is -1.36. The van der Waals surface area contributed by atoms with Crippen molar-refractivity contribution >= 4 is 28.3 Å². The molecule has 6 nitrogen and oxygen atoms in total. The van der Waals surface area contributed by atoms with Crippen LogP contribution in [0.5, 0.6) is 0 Å². The molecule has 0 saturated carbocycles. The van der Waals surface area contributed by atoms with E-state index in [2.05, 4.69) is 0 Å². The molecule has 2 rings (SSSR count). The van der Waals surface area contributed by atoms with E-state index in [4.69, 9.17) is 5.73 Å². The number of halogens is 4. The second-order valence-electron chi connectivity index (χ2n) is 6.36. The predicted molar refractivity (Wildman–Crippen MR) is 97.3 cm³/mol. The van der Waals surface area contributed by atoms with Gasteiger partial charge in [0.05, 0.1) is 4.90 Å². The number of nitrogens with two attached hydrogens (primary N) is 1. The highest BCUT2D eigenvalue weighted by Gasteiger charge is 2.35. The van der Waals surface area contributed by atoms with E-state index in [0.717, 1.165) is 12.5 Å². The summed E-state index contributed by atoms with van der Waals surface area (Å²) in [5, 5.41) is 1.73. The van der Waals surface area contributed by atoms with Gasteiger partial charge in [-0.2, -0.15) is 17.5 Å². The van der Waals surface area contributed by atoms with Gasteiger partial charge in [0, 0.05) is 24.2 Å². The van der Waals surface area contributed by atoms with Gasteiger partial charge in [0.25, 0.3) is 5.91 Å². The predicted octanol–water partition coefficient (Wildman–Crippen LogP) is 2.29. The first-order valence-corrected chi connectivity index (χ1v) is 9.69. The molecule has 0 spiro atoms. The van der Waals surface area contributed by atoms with E-state index in [0.29, 0.717) is 19.4 Å². The fourth-order valence-corrected chi connectivity index (χ4v) is 4.79. The van der Waals surface area contributed by atoms with Crippen LogP contribution in [-0.4, -0.2) is 50.0 Å². The minimum atomic E-state index is -4.54. The summed E-state index contributed by atoms with van der Waals surface area (Å²) in [5.74, 6) is -0.984. The summed E-state index contributed by atoms with van der Waals surface area (Å²) in [5.41, 5.74) is 5.77. The van der Waals surface area contributed by atoms with E-state index in [-0.39, 0.29) is 34.9 Å². The number of alkyl halides is 3. The van der Waals surface area contributed by atoms with E-state index in [9.17, 15) is 26.4 Å². The zero-order chi connectivity index (χ0) is 19.5. The van der Waals surface area contributed by atoms with Crippen LogP contribution in [0.2, 0.25) is 0 Å². The Balaban J connectivity index is 0.00000364. The molecule has 1 heterocycles. The monoisotopic (exact) mass is 429 g/mol. The van der Waals surface area contributed by atoms with Crippen LogP contribution >= 0.6 is 12.4 Å². The Morgan fingerprint density at radius 2 is 2.04 bits per heavy atom. The lowest BCUT2D eigenvalue weighted by atomic mass is 10.00. The number of nitrogens with one attached hydrogen (secondary N) is 1. The normalized spacial score (nSPS) is 19.8. The molecule has 0 aliphatic carbocycles. The minimum Gasteiger partial charge on any atom is -0.343 e. The summed E-state index contributed by atoms with van der Waals surface area (Å²) in [7, 11) is -3.90. The largest absolute Gasteiger partial charge is 0.405 e. The van der Waals surface area contributed by atoms with Crippen molar-refractivity contribution in [1.82, 2.24) is 9.62 Å². The van der Waals surface area contributed by atoms with Crippen molar-refractivity contribution < 1.29 is 26.4 Å². The van der Waals surface area contributed by atoms with E-state index in [1.165, 1.54) is 22.5 Å². The number of rotatable bonds is 5. The number of carbonyl (C=O) groups is 1. The summed E-state index contributed by atoms with van der Waals surface area (Å²) in [6.45, 7) is 0.570. The molecular formula is C16H23ClF3N3O3S. The average Bonchev–Trinajstić information content (AvgIpc) is 2.59. The van der Waals surface area contributed by atoms with E-state index in [1.54, 1.807) is 12.2 Å². The van der Waals surface area contributed by atoms with Gasteiger partial charge in [-0.15, -0.1) is 12.4 Å². The second kappa shape index (κ2) is 9.22. The fraction of sp³-hybridized carbons (Fsp3) is 0.562. The van der Waals surface area contributed by atoms with Gasteiger partial charge in [-0.3, -0.25) is 4.79 Å². The molecule has 0 aromatic heterocycles. The highest BCUT2D eigenvalue weighted by Crippen LogP contribution is 2.27. The third kappa shape index (κ3) is 6.06. The Morgan fingerprint density at radius 1 is 1.37 bits per heavy atom. The van der Waals surface area contributed by atoms with Crippen LogP contribution in [0.15, 0.2) is 29.2 Å². The van der Waals surface area contributed by atoms with Crippen molar-refractivity contribution in [1.29, 1.82) is 0 Å². The van der Waals surface area contributed by atoms with Gasteiger partial charge in [0.15, 0.2) is 0 Å². The average molecular weight is 430 g/mol. The van der Waals surface area contributed by atoms with Crippen LogP contribution in [0, 0.1) is 0 Å². The smallest absolute Gasteiger partial charge is 0.343 e. The standard InChI is InChI=1S/C16H22F3N3O3S.ClH/c1-11(20)14-7-2-3-8-22(14)26(24,25)13-6-4-5-12(9-13)15(23)21-10-16(17,18)19;/h4-6,9,11,14H,2-3,7-8,10,20H2,1H3,(H,21,23);1H. The molecule has 2 atom stereocenters. The van der Waals surface area contributed by atoms with Gasteiger partial charge >= 0.3 is 6.18 Å². The lowest BCUT2D eigenvalue weighted by molar-refractivity contribution is -0.123. The molecule has 11 heteroatoms. The number of piperidine rings is 1. The van der Waals surface area contributed by atoms with Gasteiger partial charge in [0.1, 0.15) is 6.54 Å².